The van der Waals surface area contributed by atoms with Crippen molar-refractivity contribution in [2.45, 2.75) is 64.3 Å². The number of carbonyl (C=O) groups is 1. The molecule has 106 valence electrons. The third-order valence-electron chi connectivity index (χ3n) is 3.62. The summed E-state index contributed by atoms with van der Waals surface area (Å²) in [4.78, 5) is 13.6. The SMILES string of the molecule is CC(CO)N(C)C(=O)NC1CC(C)(C)OC1(C)C. The molecule has 1 fully saturated rings. The Labute approximate surface area is 109 Å². The maximum Gasteiger partial charge on any atom is 0.317 e. The maximum absolute atomic E-state index is 12.0. The number of ether oxygens (including phenoxy) is 1. The number of nitrogens with one attached hydrogen (secondary N) is 1. The van der Waals surface area contributed by atoms with Crippen LogP contribution in [-0.4, -0.2) is 53.0 Å². The number of aliphatic hydroxyl groups is 1. The molecule has 2 atom stereocenters. The first kappa shape index (κ1) is 15.2. The summed E-state index contributed by atoms with van der Waals surface area (Å²) in [5.74, 6) is 0. The Kier molecular flexibility index (Phi) is 4.28. The van der Waals surface area contributed by atoms with Crippen LogP contribution < -0.4 is 5.32 Å². The summed E-state index contributed by atoms with van der Waals surface area (Å²) in [5.41, 5.74) is -0.592. The Morgan fingerprint density at radius 1 is 1.50 bits per heavy atom. The van der Waals surface area contributed by atoms with Gasteiger partial charge in [0.2, 0.25) is 0 Å². The van der Waals surface area contributed by atoms with E-state index < -0.39 is 0 Å². The minimum Gasteiger partial charge on any atom is -0.394 e. The summed E-state index contributed by atoms with van der Waals surface area (Å²) in [7, 11) is 1.68. The highest BCUT2D eigenvalue weighted by molar-refractivity contribution is 5.74. The van der Waals surface area contributed by atoms with Gasteiger partial charge < -0.3 is 20.1 Å². The van der Waals surface area contributed by atoms with Crippen LogP contribution in [0, 0.1) is 0 Å². The summed E-state index contributed by atoms with van der Waals surface area (Å²) in [6.45, 7) is 9.80. The summed E-state index contributed by atoms with van der Waals surface area (Å²) in [6, 6.07) is -0.382. The quantitative estimate of drug-likeness (QED) is 0.803. The standard InChI is InChI=1S/C13H26N2O3/c1-9(8-16)15(6)11(17)14-10-7-12(2,3)18-13(10,4)5/h9-10,16H,7-8H2,1-6H3,(H,14,17). The van der Waals surface area contributed by atoms with Gasteiger partial charge in [0.1, 0.15) is 0 Å². The Balaban J connectivity index is 2.65. The van der Waals surface area contributed by atoms with Crippen molar-refractivity contribution in [2.75, 3.05) is 13.7 Å². The monoisotopic (exact) mass is 258 g/mol. The lowest BCUT2D eigenvalue weighted by atomic mass is 9.94. The van der Waals surface area contributed by atoms with E-state index in [1.165, 1.54) is 4.90 Å². The number of carbonyl (C=O) groups excluding carboxylic acids is 1. The van der Waals surface area contributed by atoms with Crippen molar-refractivity contribution >= 4 is 6.03 Å². The van der Waals surface area contributed by atoms with Crippen molar-refractivity contribution in [1.82, 2.24) is 10.2 Å². The minimum absolute atomic E-state index is 0.0201. The molecule has 5 heteroatoms. The molecule has 18 heavy (non-hydrogen) atoms. The zero-order valence-corrected chi connectivity index (χ0v) is 12.3. The van der Waals surface area contributed by atoms with Crippen molar-refractivity contribution in [3.8, 4) is 0 Å². The molecule has 0 spiro atoms. The Morgan fingerprint density at radius 3 is 2.44 bits per heavy atom. The van der Waals surface area contributed by atoms with Gasteiger partial charge in [0, 0.05) is 7.05 Å². The molecular formula is C13H26N2O3. The molecule has 0 aromatic heterocycles. The molecule has 2 N–H and O–H groups in total. The molecule has 1 saturated heterocycles. The lowest BCUT2D eigenvalue weighted by Crippen LogP contribution is -2.52. The summed E-state index contributed by atoms with van der Waals surface area (Å²) >= 11 is 0. The third-order valence-corrected chi connectivity index (χ3v) is 3.62. The number of hydrogen-bond donors (Lipinski definition) is 2. The normalized spacial score (nSPS) is 26.7. The van der Waals surface area contributed by atoms with E-state index in [1.54, 1.807) is 14.0 Å². The van der Waals surface area contributed by atoms with Gasteiger partial charge in [-0.1, -0.05) is 0 Å². The van der Waals surface area contributed by atoms with E-state index in [-0.39, 0.29) is 35.9 Å². The van der Waals surface area contributed by atoms with Crippen LogP contribution in [0.25, 0.3) is 0 Å². The minimum atomic E-state index is -0.373. The van der Waals surface area contributed by atoms with E-state index in [1.807, 2.05) is 27.7 Å². The van der Waals surface area contributed by atoms with Crippen molar-refractivity contribution in [3.05, 3.63) is 0 Å². The average Bonchev–Trinajstić information content (AvgIpc) is 2.44. The smallest absolute Gasteiger partial charge is 0.317 e. The molecule has 0 bridgehead atoms. The van der Waals surface area contributed by atoms with Gasteiger partial charge in [-0.05, 0) is 41.0 Å². The predicted octanol–water partition coefficient (Wildman–Crippen LogP) is 1.35. The van der Waals surface area contributed by atoms with Gasteiger partial charge in [-0.15, -0.1) is 0 Å². The molecule has 1 rings (SSSR count). The zero-order valence-electron chi connectivity index (χ0n) is 12.3. The Hall–Kier alpha value is -0.810. The number of likely N-dealkylation sites (N-methyl/N-ethyl adjacent to an activating group) is 1. The first-order chi connectivity index (χ1) is 8.09. The zero-order chi connectivity index (χ0) is 14.1. The van der Waals surface area contributed by atoms with Gasteiger partial charge in [-0.3, -0.25) is 0 Å². The van der Waals surface area contributed by atoms with Crippen LogP contribution in [0.5, 0.6) is 0 Å². The topological polar surface area (TPSA) is 61.8 Å². The second-order valence-electron chi connectivity index (χ2n) is 6.31. The van der Waals surface area contributed by atoms with E-state index >= 15 is 0 Å². The first-order valence-electron chi connectivity index (χ1n) is 6.43. The summed E-state index contributed by atoms with van der Waals surface area (Å²) in [6.07, 6.45) is 0.785. The van der Waals surface area contributed by atoms with Crippen molar-refractivity contribution in [3.63, 3.8) is 0 Å². The van der Waals surface area contributed by atoms with Crippen LogP contribution in [-0.2, 0) is 4.74 Å². The second-order valence-corrected chi connectivity index (χ2v) is 6.31. The largest absolute Gasteiger partial charge is 0.394 e. The van der Waals surface area contributed by atoms with Crippen molar-refractivity contribution in [2.24, 2.45) is 0 Å². The highest BCUT2D eigenvalue weighted by atomic mass is 16.5. The summed E-state index contributed by atoms with van der Waals surface area (Å²) < 4.78 is 5.93. The second kappa shape index (κ2) is 5.05. The van der Waals surface area contributed by atoms with Gasteiger partial charge in [0.15, 0.2) is 0 Å². The van der Waals surface area contributed by atoms with Crippen LogP contribution in [0.4, 0.5) is 4.79 Å². The van der Waals surface area contributed by atoms with Gasteiger partial charge in [0.05, 0.1) is 29.9 Å². The van der Waals surface area contributed by atoms with Gasteiger partial charge >= 0.3 is 6.03 Å². The highest BCUT2D eigenvalue weighted by Crippen LogP contribution is 2.37. The van der Waals surface area contributed by atoms with E-state index in [2.05, 4.69) is 5.32 Å². The molecule has 0 aliphatic carbocycles. The molecular weight excluding hydrogens is 232 g/mol. The molecule has 0 radical (unpaired) electrons. The number of nitrogens with zero attached hydrogens (tertiary/aromatic N) is 1. The lowest BCUT2D eigenvalue weighted by Gasteiger charge is -2.30. The molecule has 1 heterocycles. The average molecular weight is 258 g/mol. The van der Waals surface area contributed by atoms with Crippen LogP contribution >= 0.6 is 0 Å². The predicted molar refractivity (Wildman–Crippen MR) is 70.5 cm³/mol. The van der Waals surface area contributed by atoms with Crippen molar-refractivity contribution < 1.29 is 14.6 Å². The Morgan fingerprint density at radius 2 is 2.06 bits per heavy atom. The number of urea groups is 1. The molecule has 0 aromatic carbocycles. The van der Waals surface area contributed by atoms with Gasteiger partial charge in [-0.25, -0.2) is 4.79 Å². The molecule has 2 amide bonds. The number of aliphatic hydroxyl groups excluding tert-OH is 1. The number of rotatable bonds is 3. The van der Waals surface area contributed by atoms with E-state index in [0.29, 0.717) is 0 Å². The molecule has 1 aliphatic heterocycles. The fourth-order valence-corrected chi connectivity index (χ4v) is 2.36. The fraction of sp³-hybridized carbons (Fsp3) is 0.923. The van der Waals surface area contributed by atoms with E-state index in [0.717, 1.165) is 6.42 Å². The molecule has 0 saturated carbocycles. The van der Waals surface area contributed by atoms with Crippen LogP contribution in [0.1, 0.15) is 41.0 Å². The molecule has 2 unspecified atom stereocenters. The van der Waals surface area contributed by atoms with Gasteiger partial charge in [0.25, 0.3) is 0 Å². The Bertz CT molecular complexity index is 315. The van der Waals surface area contributed by atoms with Crippen LogP contribution in [0.3, 0.4) is 0 Å². The fourth-order valence-electron chi connectivity index (χ4n) is 2.36. The van der Waals surface area contributed by atoms with Crippen LogP contribution in [0.15, 0.2) is 0 Å². The molecule has 0 aromatic rings. The first-order valence-corrected chi connectivity index (χ1v) is 6.43. The van der Waals surface area contributed by atoms with Gasteiger partial charge in [-0.2, -0.15) is 0 Å². The molecule has 5 nitrogen and oxygen atoms in total. The van der Waals surface area contributed by atoms with E-state index in [9.17, 15) is 4.79 Å². The molecule has 1 aliphatic rings. The number of amides is 2. The summed E-state index contributed by atoms with van der Waals surface area (Å²) in [5, 5.41) is 12.0. The highest BCUT2D eigenvalue weighted by Gasteiger charge is 2.46. The lowest BCUT2D eigenvalue weighted by molar-refractivity contribution is -0.0693. The van der Waals surface area contributed by atoms with Crippen LogP contribution in [0.2, 0.25) is 0 Å². The third kappa shape index (κ3) is 3.36. The number of hydrogen-bond acceptors (Lipinski definition) is 3. The van der Waals surface area contributed by atoms with Crippen molar-refractivity contribution in [1.29, 1.82) is 0 Å². The van der Waals surface area contributed by atoms with E-state index in [4.69, 9.17) is 9.84 Å². The maximum atomic E-state index is 12.0.